The van der Waals surface area contributed by atoms with E-state index in [-0.39, 0.29) is 6.04 Å². The summed E-state index contributed by atoms with van der Waals surface area (Å²) in [5.41, 5.74) is 7.10. The third-order valence-electron chi connectivity index (χ3n) is 3.34. The van der Waals surface area contributed by atoms with Crippen molar-refractivity contribution in [3.63, 3.8) is 0 Å². The molecule has 0 aliphatic heterocycles. The number of halogens is 1. The highest BCUT2D eigenvalue weighted by molar-refractivity contribution is 9.10. The van der Waals surface area contributed by atoms with E-state index in [1.54, 1.807) is 6.20 Å². The molecule has 0 fully saturated rings. The van der Waals surface area contributed by atoms with Crippen molar-refractivity contribution in [1.29, 1.82) is 0 Å². The van der Waals surface area contributed by atoms with Gasteiger partial charge in [0.25, 0.3) is 0 Å². The Morgan fingerprint density at radius 2 is 2.00 bits per heavy atom. The van der Waals surface area contributed by atoms with Crippen molar-refractivity contribution in [2.24, 2.45) is 5.73 Å². The molecule has 2 N–H and O–H groups in total. The maximum Gasteiger partial charge on any atom is 0.0485 e. The largest absolute Gasteiger partial charge is 0.329 e. The van der Waals surface area contributed by atoms with Crippen LogP contribution in [0, 0.1) is 0 Å². The van der Waals surface area contributed by atoms with Crippen LogP contribution in [0.25, 0.3) is 0 Å². The smallest absolute Gasteiger partial charge is 0.0485 e. The Labute approximate surface area is 113 Å². The van der Waals surface area contributed by atoms with Crippen LogP contribution in [0.3, 0.4) is 0 Å². The molecule has 0 aliphatic carbocycles. The quantitative estimate of drug-likeness (QED) is 0.878. The van der Waals surface area contributed by atoms with Gasteiger partial charge >= 0.3 is 0 Å². The Hall–Kier alpha value is -0.450. The monoisotopic (exact) mass is 299 g/mol. The zero-order chi connectivity index (χ0) is 12.8. The molecule has 0 radical (unpaired) electrons. The maximum absolute atomic E-state index is 5.92. The van der Waals surface area contributed by atoms with Crippen LogP contribution in [0.4, 0.5) is 0 Å². The third kappa shape index (κ3) is 3.76. The highest BCUT2D eigenvalue weighted by atomic mass is 79.9. The molecule has 1 aromatic rings. The van der Waals surface area contributed by atoms with Gasteiger partial charge in [0, 0.05) is 35.5 Å². The lowest BCUT2D eigenvalue weighted by atomic mass is 10.0. The number of hydrogen-bond acceptors (Lipinski definition) is 3. The van der Waals surface area contributed by atoms with Gasteiger partial charge in [0.05, 0.1) is 0 Å². The molecule has 17 heavy (non-hydrogen) atoms. The van der Waals surface area contributed by atoms with Crippen LogP contribution >= 0.6 is 15.9 Å². The summed E-state index contributed by atoms with van der Waals surface area (Å²) in [4.78, 5) is 6.58. The van der Waals surface area contributed by atoms with Gasteiger partial charge in [0.15, 0.2) is 0 Å². The Morgan fingerprint density at radius 3 is 2.47 bits per heavy atom. The van der Waals surface area contributed by atoms with Gasteiger partial charge in [-0.05, 0) is 47.4 Å². The first-order valence-corrected chi connectivity index (χ1v) is 6.95. The summed E-state index contributed by atoms with van der Waals surface area (Å²) in [6.45, 7) is 5.06. The van der Waals surface area contributed by atoms with E-state index in [9.17, 15) is 0 Å². The molecule has 0 aliphatic rings. The van der Waals surface area contributed by atoms with Crippen molar-refractivity contribution in [1.82, 2.24) is 9.88 Å². The van der Waals surface area contributed by atoms with Crippen LogP contribution in [0.2, 0.25) is 0 Å². The number of pyridine rings is 1. The number of nitrogens with two attached hydrogens (primary N) is 1. The summed E-state index contributed by atoms with van der Waals surface area (Å²) in [6, 6.07) is 2.91. The zero-order valence-electron chi connectivity index (χ0n) is 10.9. The summed E-state index contributed by atoms with van der Waals surface area (Å²) in [5, 5.41) is 0. The molecule has 0 aromatic carbocycles. The average molecular weight is 300 g/mol. The highest BCUT2D eigenvalue weighted by Crippen LogP contribution is 2.24. The molecule has 0 saturated heterocycles. The van der Waals surface area contributed by atoms with Crippen LogP contribution < -0.4 is 5.73 Å². The van der Waals surface area contributed by atoms with E-state index in [0.29, 0.717) is 12.6 Å². The molecule has 1 rings (SSSR count). The summed E-state index contributed by atoms with van der Waals surface area (Å²) in [5.74, 6) is 0. The standard InChI is InChI=1S/C13H22BrN3/c1-4-12(5-2)17(3)13(7-15)10-6-11(14)9-16-8-10/h6,8-9,12-13H,4-5,7,15H2,1-3H3. The van der Waals surface area contributed by atoms with E-state index in [1.165, 1.54) is 5.56 Å². The molecule has 1 aromatic heterocycles. The fourth-order valence-corrected chi connectivity index (χ4v) is 2.65. The van der Waals surface area contributed by atoms with Crippen LogP contribution in [-0.4, -0.2) is 29.5 Å². The molecule has 0 bridgehead atoms. The summed E-state index contributed by atoms with van der Waals surface area (Å²) in [7, 11) is 2.15. The Bertz CT molecular complexity index is 339. The molecule has 0 spiro atoms. The lowest BCUT2D eigenvalue weighted by molar-refractivity contribution is 0.167. The number of likely N-dealkylation sites (N-methyl/N-ethyl adjacent to an activating group) is 1. The third-order valence-corrected chi connectivity index (χ3v) is 3.78. The Balaban J connectivity index is 2.90. The van der Waals surface area contributed by atoms with Crippen molar-refractivity contribution in [3.8, 4) is 0 Å². The molecule has 3 nitrogen and oxygen atoms in total. The normalized spacial score (nSPS) is 13.4. The molecular formula is C13H22BrN3. The van der Waals surface area contributed by atoms with Crippen molar-refractivity contribution < 1.29 is 0 Å². The summed E-state index contributed by atoms with van der Waals surface area (Å²) < 4.78 is 1.01. The minimum Gasteiger partial charge on any atom is -0.329 e. The Morgan fingerprint density at radius 1 is 1.35 bits per heavy atom. The second-order valence-electron chi connectivity index (χ2n) is 4.32. The maximum atomic E-state index is 5.92. The minimum atomic E-state index is 0.241. The van der Waals surface area contributed by atoms with E-state index >= 15 is 0 Å². The first kappa shape index (κ1) is 14.6. The SMILES string of the molecule is CCC(CC)N(C)C(CN)c1cncc(Br)c1. The fraction of sp³-hybridized carbons (Fsp3) is 0.615. The van der Waals surface area contributed by atoms with E-state index in [0.717, 1.165) is 17.3 Å². The zero-order valence-corrected chi connectivity index (χ0v) is 12.4. The van der Waals surface area contributed by atoms with Crippen LogP contribution in [0.1, 0.15) is 38.3 Å². The second kappa shape index (κ2) is 7.09. The van der Waals surface area contributed by atoms with Crippen molar-refractivity contribution in [3.05, 3.63) is 28.5 Å². The van der Waals surface area contributed by atoms with E-state index in [2.05, 4.69) is 52.8 Å². The van der Waals surface area contributed by atoms with Gasteiger partial charge in [-0.2, -0.15) is 0 Å². The van der Waals surface area contributed by atoms with Gasteiger partial charge in [0.1, 0.15) is 0 Å². The molecule has 0 saturated carbocycles. The van der Waals surface area contributed by atoms with Gasteiger partial charge in [0.2, 0.25) is 0 Å². The molecule has 1 heterocycles. The number of aromatic nitrogens is 1. The minimum absolute atomic E-state index is 0.241. The van der Waals surface area contributed by atoms with Gasteiger partial charge in [-0.3, -0.25) is 9.88 Å². The summed E-state index contributed by atoms with van der Waals surface area (Å²) in [6.07, 6.45) is 5.99. The number of rotatable bonds is 6. The van der Waals surface area contributed by atoms with Crippen molar-refractivity contribution in [2.45, 2.75) is 38.8 Å². The van der Waals surface area contributed by atoms with Gasteiger partial charge < -0.3 is 5.73 Å². The first-order chi connectivity index (χ1) is 8.13. The average Bonchev–Trinajstić information content (AvgIpc) is 2.31. The molecule has 1 atom stereocenters. The lowest BCUT2D eigenvalue weighted by Crippen LogP contribution is -2.38. The highest BCUT2D eigenvalue weighted by Gasteiger charge is 2.21. The fourth-order valence-electron chi connectivity index (χ4n) is 2.27. The Kier molecular flexibility index (Phi) is 6.09. The van der Waals surface area contributed by atoms with E-state index < -0.39 is 0 Å². The molecule has 1 unspecified atom stereocenters. The van der Waals surface area contributed by atoms with Crippen molar-refractivity contribution >= 4 is 15.9 Å². The number of nitrogens with zero attached hydrogens (tertiary/aromatic N) is 2. The summed E-state index contributed by atoms with van der Waals surface area (Å²) >= 11 is 3.46. The van der Waals surface area contributed by atoms with Gasteiger partial charge in [-0.25, -0.2) is 0 Å². The predicted octanol–water partition coefficient (Wildman–Crippen LogP) is 2.96. The molecule has 0 amide bonds. The molecular weight excluding hydrogens is 278 g/mol. The predicted molar refractivity (Wildman–Crippen MR) is 75.9 cm³/mol. The second-order valence-corrected chi connectivity index (χ2v) is 5.24. The van der Waals surface area contributed by atoms with Crippen LogP contribution in [0.15, 0.2) is 22.9 Å². The molecule has 96 valence electrons. The van der Waals surface area contributed by atoms with Crippen molar-refractivity contribution in [2.75, 3.05) is 13.6 Å². The van der Waals surface area contributed by atoms with E-state index in [4.69, 9.17) is 5.73 Å². The van der Waals surface area contributed by atoms with Crippen LogP contribution in [-0.2, 0) is 0 Å². The topological polar surface area (TPSA) is 42.1 Å². The number of hydrogen-bond donors (Lipinski definition) is 1. The molecule has 4 heteroatoms. The van der Waals surface area contributed by atoms with Gasteiger partial charge in [-0.1, -0.05) is 13.8 Å². The van der Waals surface area contributed by atoms with E-state index in [1.807, 2.05) is 6.20 Å². The van der Waals surface area contributed by atoms with Crippen LogP contribution in [0.5, 0.6) is 0 Å². The first-order valence-electron chi connectivity index (χ1n) is 6.16. The van der Waals surface area contributed by atoms with Gasteiger partial charge in [-0.15, -0.1) is 0 Å². The lowest BCUT2D eigenvalue weighted by Gasteiger charge is -2.33.